The first kappa shape index (κ1) is 20.6. The number of amides is 1. The second-order valence-electron chi connectivity index (χ2n) is 6.58. The molecule has 2 aromatic rings. The molecule has 2 aromatic carbocycles. The van der Waals surface area contributed by atoms with E-state index in [1.54, 1.807) is 18.2 Å². The highest BCUT2D eigenvalue weighted by Gasteiger charge is 2.28. The van der Waals surface area contributed by atoms with Crippen LogP contribution in [0.2, 0.25) is 0 Å². The summed E-state index contributed by atoms with van der Waals surface area (Å²) >= 11 is 0. The number of rotatable bonds is 7. The molecule has 2 rings (SSSR count). The van der Waals surface area contributed by atoms with Crippen molar-refractivity contribution < 1.29 is 22.7 Å². The van der Waals surface area contributed by atoms with Crippen LogP contribution in [0.1, 0.15) is 25.0 Å². The molecule has 0 saturated heterocycles. The molecule has 0 atom stereocenters. The lowest BCUT2D eigenvalue weighted by atomic mass is 10.1. The summed E-state index contributed by atoms with van der Waals surface area (Å²) in [6, 6.07) is 12.1. The average molecular weight is 380 g/mol. The first-order valence-electron chi connectivity index (χ1n) is 8.58. The van der Waals surface area contributed by atoms with Gasteiger partial charge in [0.15, 0.2) is 6.61 Å². The van der Waals surface area contributed by atoms with Crippen LogP contribution in [-0.4, -0.2) is 18.7 Å². The summed E-state index contributed by atoms with van der Waals surface area (Å²) in [7, 11) is 0. The van der Waals surface area contributed by atoms with Gasteiger partial charge in [0.2, 0.25) is 5.91 Å². The molecular formula is C20H23F3N2O2. The number of anilines is 2. The third-order valence-corrected chi connectivity index (χ3v) is 3.81. The van der Waals surface area contributed by atoms with E-state index in [9.17, 15) is 18.0 Å². The van der Waals surface area contributed by atoms with Crippen LogP contribution in [-0.2, 0) is 11.3 Å². The van der Waals surface area contributed by atoms with E-state index < -0.39 is 12.8 Å². The number of aryl methyl sites for hydroxylation is 1. The Morgan fingerprint density at radius 1 is 1.15 bits per heavy atom. The fourth-order valence-electron chi connectivity index (χ4n) is 2.28. The highest BCUT2D eigenvalue weighted by Crippen LogP contribution is 2.23. The minimum atomic E-state index is -4.37. The Balaban J connectivity index is 2.02. The lowest BCUT2D eigenvalue weighted by molar-refractivity contribution is -0.153. The summed E-state index contributed by atoms with van der Waals surface area (Å²) in [5, 5.41) is 6.08. The smallest absolute Gasteiger partial charge is 0.422 e. The Morgan fingerprint density at radius 3 is 2.56 bits per heavy atom. The molecule has 146 valence electrons. The van der Waals surface area contributed by atoms with Crippen LogP contribution in [0.3, 0.4) is 0 Å². The number of ether oxygens (including phenoxy) is 1. The Kier molecular flexibility index (Phi) is 6.71. The van der Waals surface area contributed by atoms with E-state index in [0.29, 0.717) is 12.2 Å². The van der Waals surface area contributed by atoms with Crippen LogP contribution >= 0.6 is 0 Å². The van der Waals surface area contributed by atoms with Gasteiger partial charge in [0.1, 0.15) is 5.75 Å². The van der Waals surface area contributed by atoms with E-state index in [2.05, 4.69) is 10.6 Å². The summed E-state index contributed by atoms with van der Waals surface area (Å²) in [5.41, 5.74) is 3.29. The number of halogens is 3. The van der Waals surface area contributed by atoms with Gasteiger partial charge in [0, 0.05) is 23.8 Å². The first-order chi connectivity index (χ1) is 12.6. The maximum Gasteiger partial charge on any atom is 0.422 e. The molecule has 0 saturated carbocycles. The van der Waals surface area contributed by atoms with Crippen molar-refractivity contribution in [3.8, 4) is 5.75 Å². The lowest BCUT2D eigenvalue weighted by Crippen LogP contribution is -2.19. The molecule has 0 aliphatic rings. The van der Waals surface area contributed by atoms with E-state index in [0.717, 1.165) is 16.8 Å². The van der Waals surface area contributed by atoms with Crippen molar-refractivity contribution in [3.63, 3.8) is 0 Å². The molecule has 0 spiro atoms. The normalized spacial score (nSPS) is 11.4. The van der Waals surface area contributed by atoms with Crippen molar-refractivity contribution >= 4 is 17.3 Å². The van der Waals surface area contributed by atoms with Gasteiger partial charge in [-0.05, 0) is 42.3 Å². The van der Waals surface area contributed by atoms with Crippen LogP contribution < -0.4 is 15.4 Å². The summed E-state index contributed by atoms with van der Waals surface area (Å²) in [6.45, 7) is 4.65. The predicted octanol–water partition coefficient (Wildman–Crippen LogP) is 5.14. The number of alkyl halides is 3. The zero-order chi connectivity index (χ0) is 20.0. The van der Waals surface area contributed by atoms with Crippen LogP contribution in [0, 0.1) is 12.8 Å². The molecule has 0 heterocycles. The molecule has 1 amide bonds. The number of benzene rings is 2. The van der Waals surface area contributed by atoms with E-state index in [1.807, 2.05) is 39.0 Å². The molecule has 0 bridgehead atoms. The minimum absolute atomic E-state index is 0.0701. The third-order valence-electron chi connectivity index (χ3n) is 3.81. The largest absolute Gasteiger partial charge is 0.484 e. The molecule has 0 fully saturated rings. The van der Waals surface area contributed by atoms with Gasteiger partial charge < -0.3 is 15.4 Å². The zero-order valence-electron chi connectivity index (χ0n) is 15.5. The third kappa shape index (κ3) is 6.84. The molecular weight excluding hydrogens is 357 g/mol. The molecule has 0 aliphatic heterocycles. The van der Waals surface area contributed by atoms with Crippen molar-refractivity contribution in [2.24, 2.45) is 5.92 Å². The fraction of sp³-hybridized carbons (Fsp3) is 0.350. The fourth-order valence-corrected chi connectivity index (χ4v) is 2.28. The van der Waals surface area contributed by atoms with E-state index in [-0.39, 0.29) is 17.6 Å². The Morgan fingerprint density at radius 2 is 1.89 bits per heavy atom. The van der Waals surface area contributed by atoms with Gasteiger partial charge >= 0.3 is 6.18 Å². The molecule has 27 heavy (non-hydrogen) atoms. The lowest BCUT2D eigenvalue weighted by Gasteiger charge is -2.14. The number of carbonyl (C=O) groups excluding carboxylic acids is 1. The standard InChI is InChI=1S/C20H23F3N2O2/c1-13(2)19(26)25-16-8-7-14(3)18(10-16)24-11-15-5-4-6-17(9-15)27-12-20(21,22)23/h4-10,13,24H,11-12H2,1-3H3,(H,25,26). The van der Waals surface area contributed by atoms with Crippen LogP contribution in [0.15, 0.2) is 42.5 Å². The highest BCUT2D eigenvalue weighted by molar-refractivity contribution is 5.92. The average Bonchev–Trinajstić information content (AvgIpc) is 2.60. The number of carbonyl (C=O) groups is 1. The van der Waals surface area contributed by atoms with Gasteiger partial charge in [-0.1, -0.05) is 32.0 Å². The predicted molar refractivity (Wildman–Crippen MR) is 100.0 cm³/mol. The van der Waals surface area contributed by atoms with E-state index in [1.165, 1.54) is 6.07 Å². The van der Waals surface area contributed by atoms with Crippen molar-refractivity contribution in [1.82, 2.24) is 0 Å². The van der Waals surface area contributed by atoms with Gasteiger partial charge in [0.25, 0.3) is 0 Å². The van der Waals surface area contributed by atoms with Crippen LogP contribution in [0.25, 0.3) is 0 Å². The summed E-state index contributed by atoms with van der Waals surface area (Å²) in [4.78, 5) is 11.8. The van der Waals surface area contributed by atoms with Crippen molar-refractivity contribution in [2.45, 2.75) is 33.5 Å². The Labute approximate surface area is 156 Å². The Hall–Kier alpha value is -2.70. The number of hydrogen-bond donors (Lipinski definition) is 2. The topological polar surface area (TPSA) is 50.4 Å². The highest BCUT2D eigenvalue weighted by atomic mass is 19.4. The zero-order valence-corrected chi connectivity index (χ0v) is 15.5. The SMILES string of the molecule is Cc1ccc(NC(=O)C(C)C)cc1NCc1cccc(OCC(F)(F)F)c1. The molecule has 0 radical (unpaired) electrons. The summed E-state index contributed by atoms with van der Waals surface area (Å²) in [5.74, 6) is -0.0252. The Bertz CT molecular complexity index is 789. The van der Waals surface area contributed by atoms with Crippen molar-refractivity contribution in [2.75, 3.05) is 17.2 Å². The maximum atomic E-state index is 12.3. The van der Waals surface area contributed by atoms with Gasteiger partial charge in [-0.15, -0.1) is 0 Å². The van der Waals surface area contributed by atoms with Gasteiger partial charge in [-0.2, -0.15) is 13.2 Å². The second kappa shape index (κ2) is 8.79. The van der Waals surface area contributed by atoms with Gasteiger partial charge in [0.05, 0.1) is 0 Å². The summed E-state index contributed by atoms with van der Waals surface area (Å²) < 4.78 is 41.6. The van der Waals surface area contributed by atoms with Gasteiger partial charge in [-0.3, -0.25) is 4.79 Å². The number of hydrogen-bond acceptors (Lipinski definition) is 3. The molecule has 0 aromatic heterocycles. The van der Waals surface area contributed by atoms with E-state index >= 15 is 0 Å². The monoisotopic (exact) mass is 380 g/mol. The molecule has 0 aliphatic carbocycles. The molecule has 2 N–H and O–H groups in total. The van der Waals surface area contributed by atoms with Crippen LogP contribution in [0.4, 0.5) is 24.5 Å². The van der Waals surface area contributed by atoms with Crippen molar-refractivity contribution in [1.29, 1.82) is 0 Å². The summed E-state index contributed by atoms with van der Waals surface area (Å²) in [6.07, 6.45) is -4.37. The first-order valence-corrected chi connectivity index (χ1v) is 8.58. The van der Waals surface area contributed by atoms with Crippen LogP contribution in [0.5, 0.6) is 5.75 Å². The minimum Gasteiger partial charge on any atom is -0.484 e. The molecule has 4 nitrogen and oxygen atoms in total. The van der Waals surface area contributed by atoms with Gasteiger partial charge in [-0.25, -0.2) is 0 Å². The second-order valence-corrected chi connectivity index (χ2v) is 6.58. The molecule has 7 heteroatoms. The maximum absolute atomic E-state index is 12.3. The quantitative estimate of drug-likeness (QED) is 0.699. The number of nitrogens with one attached hydrogen (secondary N) is 2. The van der Waals surface area contributed by atoms with E-state index in [4.69, 9.17) is 4.74 Å². The van der Waals surface area contributed by atoms with Crippen molar-refractivity contribution in [3.05, 3.63) is 53.6 Å². The molecule has 0 unspecified atom stereocenters.